The SMILES string of the molecule is CN1CCC[C@@H](NC(=O)c2sc3nccc4c3c2NC(=O)N4)C1.O=CO. The summed E-state index contributed by atoms with van der Waals surface area (Å²) in [6.07, 6.45) is 3.70. The summed E-state index contributed by atoms with van der Waals surface area (Å²) < 4.78 is 0. The van der Waals surface area contributed by atoms with Crippen LogP contribution in [0.1, 0.15) is 22.5 Å². The van der Waals surface area contributed by atoms with Gasteiger partial charge in [0.1, 0.15) is 9.71 Å². The van der Waals surface area contributed by atoms with Crippen LogP contribution >= 0.6 is 11.3 Å². The molecule has 26 heavy (non-hydrogen) atoms. The van der Waals surface area contributed by atoms with Gasteiger partial charge in [0.15, 0.2) is 0 Å². The molecule has 4 N–H and O–H groups in total. The van der Waals surface area contributed by atoms with Crippen LogP contribution in [0.5, 0.6) is 0 Å². The topological polar surface area (TPSA) is 124 Å². The van der Waals surface area contributed by atoms with E-state index in [2.05, 4.69) is 32.9 Å². The second-order valence-corrected chi connectivity index (χ2v) is 7.10. The van der Waals surface area contributed by atoms with E-state index in [0.29, 0.717) is 16.3 Å². The standard InChI is InChI=1S/C15H17N5O2S.CH2O2/c1-20-6-2-3-8(7-20)17-13(21)12-11-10-9(18-15(22)19-11)4-5-16-14(10)23-12;2-1-3/h4-5,8H,2-3,6-7H2,1H3,(H,17,21)(H2,18,19,22);1H,(H,2,3)/t8-;/m1./s1. The van der Waals surface area contributed by atoms with E-state index in [1.165, 1.54) is 11.3 Å². The number of aromatic nitrogens is 1. The lowest BCUT2D eigenvalue weighted by atomic mass is 10.1. The summed E-state index contributed by atoms with van der Waals surface area (Å²) in [4.78, 5) is 40.6. The third kappa shape index (κ3) is 3.60. The number of amides is 3. The van der Waals surface area contributed by atoms with Crippen LogP contribution in [0.2, 0.25) is 0 Å². The summed E-state index contributed by atoms with van der Waals surface area (Å²) in [7, 11) is 2.06. The Morgan fingerprint density at radius 3 is 3.00 bits per heavy atom. The molecule has 0 saturated carbocycles. The number of thiophene rings is 1. The van der Waals surface area contributed by atoms with E-state index in [4.69, 9.17) is 9.90 Å². The highest BCUT2D eigenvalue weighted by Gasteiger charge is 2.28. The Hall–Kier alpha value is -2.72. The molecule has 0 bridgehead atoms. The molecule has 0 aliphatic carbocycles. The van der Waals surface area contributed by atoms with E-state index in [1.807, 2.05) is 0 Å². The maximum absolute atomic E-state index is 12.7. The number of carbonyl (C=O) groups is 3. The molecule has 0 unspecified atom stereocenters. The van der Waals surface area contributed by atoms with Gasteiger partial charge in [-0.3, -0.25) is 9.59 Å². The van der Waals surface area contributed by atoms with Crippen molar-refractivity contribution in [2.24, 2.45) is 0 Å². The molecule has 2 aromatic heterocycles. The van der Waals surface area contributed by atoms with Crippen LogP contribution in [-0.2, 0) is 4.79 Å². The molecule has 0 spiro atoms. The molecule has 2 aliphatic rings. The molecule has 1 saturated heterocycles. The Bertz CT molecular complexity index is 853. The van der Waals surface area contributed by atoms with Crippen LogP contribution in [0, 0.1) is 0 Å². The first-order valence-electron chi connectivity index (χ1n) is 8.10. The van der Waals surface area contributed by atoms with Crippen LogP contribution in [-0.4, -0.2) is 59.6 Å². The zero-order valence-electron chi connectivity index (χ0n) is 14.1. The summed E-state index contributed by atoms with van der Waals surface area (Å²) in [6, 6.07) is 1.56. The Balaban J connectivity index is 0.000000613. The maximum Gasteiger partial charge on any atom is 0.323 e. The van der Waals surface area contributed by atoms with Crippen molar-refractivity contribution in [3.8, 4) is 0 Å². The fourth-order valence-corrected chi connectivity index (χ4v) is 4.24. The molecular formula is C16H19N5O4S. The summed E-state index contributed by atoms with van der Waals surface area (Å²) >= 11 is 1.31. The molecule has 2 aromatic rings. The minimum atomic E-state index is -0.324. The Labute approximate surface area is 153 Å². The van der Waals surface area contributed by atoms with Crippen LogP contribution in [0.15, 0.2) is 12.3 Å². The first-order chi connectivity index (χ1) is 12.5. The molecule has 10 heteroatoms. The predicted molar refractivity (Wildman–Crippen MR) is 98.9 cm³/mol. The van der Waals surface area contributed by atoms with Crippen molar-refractivity contribution in [3.05, 3.63) is 17.1 Å². The van der Waals surface area contributed by atoms with Gasteiger partial charge < -0.3 is 26.0 Å². The van der Waals surface area contributed by atoms with Gasteiger partial charge in [0.2, 0.25) is 0 Å². The number of carbonyl (C=O) groups excluding carboxylic acids is 2. The van der Waals surface area contributed by atoms with E-state index in [-0.39, 0.29) is 24.5 Å². The fraction of sp³-hybridized carbons (Fsp3) is 0.375. The summed E-state index contributed by atoms with van der Waals surface area (Å²) in [5.74, 6) is -0.142. The number of likely N-dealkylation sites (tertiary alicyclic amines) is 1. The van der Waals surface area contributed by atoms with Gasteiger partial charge in [-0.2, -0.15) is 0 Å². The molecule has 4 rings (SSSR count). The Morgan fingerprint density at radius 2 is 2.27 bits per heavy atom. The van der Waals surface area contributed by atoms with Gasteiger partial charge in [-0.05, 0) is 32.5 Å². The Kier molecular flexibility index (Phi) is 5.33. The van der Waals surface area contributed by atoms with E-state index >= 15 is 0 Å². The zero-order chi connectivity index (χ0) is 18.7. The number of carboxylic acid groups (broad SMARTS) is 1. The third-order valence-electron chi connectivity index (χ3n) is 4.24. The van der Waals surface area contributed by atoms with Crippen LogP contribution in [0.3, 0.4) is 0 Å². The van der Waals surface area contributed by atoms with E-state index in [1.54, 1.807) is 12.3 Å². The quantitative estimate of drug-likeness (QED) is 0.592. The van der Waals surface area contributed by atoms with Crippen molar-refractivity contribution in [2.75, 3.05) is 30.8 Å². The zero-order valence-corrected chi connectivity index (χ0v) is 14.9. The van der Waals surface area contributed by atoms with Crippen LogP contribution in [0.25, 0.3) is 10.2 Å². The molecular weight excluding hydrogens is 358 g/mol. The average Bonchev–Trinajstić information content (AvgIpc) is 2.96. The lowest BCUT2D eigenvalue weighted by molar-refractivity contribution is -0.122. The van der Waals surface area contributed by atoms with E-state index in [9.17, 15) is 9.59 Å². The smallest absolute Gasteiger partial charge is 0.323 e. The number of rotatable bonds is 2. The fourth-order valence-electron chi connectivity index (χ4n) is 3.21. The number of urea groups is 1. The summed E-state index contributed by atoms with van der Waals surface area (Å²) in [5.41, 5.74) is 1.26. The van der Waals surface area contributed by atoms with Crippen molar-refractivity contribution in [1.29, 1.82) is 0 Å². The number of anilines is 2. The maximum atomic E-state index is 12.7. The summed E-state index contributed by atoms with van der Waals surface area (Å²) in [5, 5.41) is 16.3. The van der Waals surface area contributed by atoms with E-state index < -0.39 is 0 Å². The number of hydrogen-bond acceptors (Lipinski definition) is 6. The van der Waals surface area contributed by atoms with Crippen molar-refractivity contribution >= 4 is 51.3 Å². The van der Waals surface area contributed by atoms with Crippen molar-refractivity contribution in [2.45, 2.75) is 18.9 Å². The van der Waals surface area contributed by atoms with Gasteiger partial charge in [0.25, 0.3) is 12.4 Å². The van der Waals surface area contributed by atoms with Gasteiger partial charge >= 0.3 is 6.03 Å². The molecule has 138 valence electrons. The largest absolute Gasteiger partial charge is 0.483 e. The summed E-state index contributed by atoms with van der Waals surface area (Å²) in [6.45, 7) is 1.67. The normalized spacial score (nSPS) is 19.0. The molecule has 2 aliphatic heterocycles. The number of nitrogens with zero attached hydrogens (tertiary/aromatic N) is 2. The molecule has 4 heterocycles. The number of piperidine rings is 1. The number of pyridine rings is 1. The van der Waals surface area contributed by atoms with Gasteiger partial charge in [0.05, 0.1) is 16.8 Å². The van der Waals surface area contributed by atoms with Gasteiger partial charge in [-0.1, -0.05) is 0 Å². The lowest BCUT2D eigenvalue weighted by Gasteiger charge is -2.30. The van der Waals surface area contributed by atoms with Crippen LogP contribution < -0.4 is 16.0 Å². The highest BCUT2D eigenvalue weighted by Crippen LogP contribution is 2.41. The Morgan fingerprint density at radius 1 is 1.50 bits per heavy atom. The first-order valence-corrected chi connectivity index (χ1v) is 8.92. The number of nitrogens with one attached hydrogen (secondary N) is 3. The second-order valence-electron chi connectivity index (χ2n) is 6.10. The van der Waals surface area contributed by atoms with Crippen LogP contribution in [0.4, 0.5) is 16.2 Å². The van der Waals surface area contributed by atoms with Crippen molar-refractivity contribution in [3.63, 3.8) is 0 Å². The van der Waals surface area contributed by atoms with Gasteiger partial charge in [0, 0.05) is 18.8 Å². The second kappa shape index (κ2) is 7.67. The minimum absolute atomic E-state index is 0.142. The first kappa shape index (κ1) is 18.1. The predicted octanol–water partition coefficient (Wildman–Crippen LogP) is 1.78. The average molecular weight is 377 g/mol. The highest BCUT2D eigenvalue weighted by molar-refractivity contribution is 7.21. The third-order valence-corrected chi connectivity index (χ3v) is 5.34. The monoisotopic (exact) mass is 377 g/mol. The molecule has 1 fully saturated rings. The molecule has 1 atom stereocenters. The van der Waals surface area contributed by atoms with Gasteiger partial charge in [-0.25, -0.2) is 9.78 Å². The van der Waals surface area contributed by atoms with E-state index in [0.717, 1.165) is 36.1 Å². The molecule has 0 aromatic carbocycles. The number of likely N-dealkylation sites (N-methyl/N-ethyl adjacent to an activating group) is 1. The molecule has 9 nitrogen and oxygen atoms in total. The highest BCUT2D eigenvalue weighted by atomic mass is 32.1. The van der Waals surface area contributed by atoms with Crippen molar-refractivity contribution < 1.29 is 19.5 Å². The number of hydrogen-bond donors (Lipinski definition) is 4. The van der Waals surface area contributed by atoms with Crippen molar-refractivity contribution in [1.82, 2.24) is 15.2 Å². The molecule has 0 radical (unpaired) electrons. The minimum Gasteiger partial charge on any atom is -0.483 e. The van der Waals surface area contributed by atoms with Gasteiger partial charge in [-0.15, -0.1) is 11.3 Å². The molecule has 3 amide bonds. The lowest BCUT2D eigenvalue weighted by Crippen LogP contribution is -2.46.